The van der Waals surface area contributed by atoms with Gasteiger partial charge in [0.1, 0.15) is 0 Å². The number of hydrogen-bond donors (Lipinski definition) is 1. The van der Waals surface area contributed by atoms with Gasteiger partial charge in [-0.3, -0.25) is 4.90 Å². The highest BCUT2D eigenvalue weighted by molar-refractivity contribution is 7.09. The van der Waals surface area contributed by atoms with E-state index in [2.05, 4.69) is 34.7 Å². The fourth-order valence-corrected chi connectivity index (χ4v) is 3.78. The van der Waals surface area contributed by atoms with Crippen molar-refractivity contribution in [2.75, 3.05) is 19.6 Å². The summed E-state index contributed by atoms with van der Waals surface area (Å²) in [6.45, 7) is 6.03. The quantitative estimate of drug-likeness (QED) is 0.934. The molecule has 1 aliphatic rings. The van der Waals surface area contributed by atoms with Crippen molar-refractivity contribution in [3.05, 3.63) is 50.9 Å². The van der Waals surface area contributed by atoms with Crippen LogP contribution < -0.4 is 5.32 Å². The van der Waals surface area contributed by atoms with Gasteiger partial charge in [0.05, 0.1) is 10.7 Å². The summed E-state index contributed by atoms with van der Waals surface area (Å²) in [7, 11) is 0. The maximum absolute atomic E-state index is 6.38. The van der Waals surface area contributed by atoms with Gasteiger partial charge in [-0.1, -0.05) is 36.7 Å². The fourth-order valence-electron chi connectivity index (χ4n) is 2.78. The van der Waals surface area contributed by atoms with Crippen LogP contribution in [0.1, 0.15) is 29.2 Å². The summed E-state index contributed by atoms with van der Waals surface area (Å²) in [5.41, 5.74) is 2.38. The molecule has 1 atom stereocenters. The minimum absolute atomic E-state index is 0.319. The Kier molecular flexibility index (Phi) is 4.91. The first-order valence-corrected chi connectivity index (χ1v) is 8.66. The van der Waals surface area contributed by atoms with Crippen molar-refractivity contribution < 1.29 is 0 Å². The van der Waals surface area contributed by atoms with Crippen LogP contribution in [0.3, 0.4) is 0 Å². The van der Waals surface area contributed by atoms with E-state index < -0.39 is 0 Å². The summed E-state index contributed by atoms with van der Waals surface area (Å²) in [5, 5.41) is 7.73. The number of thiazole rings is 1. The van der Waals surface area contributed by atoms with Crippen molar-refractivity contribution in [2.24, 2.45) is 0 Å². The van der Waals surface area contributed by atoms with E-state index in [0.717, 1.165) is 37.6 Å². The molecule has 0 bridgehead atoms. The van der Waals surface area contributed by atoms with Crippen LogP contribution in [0.15, 0.2) is 29.6 Å². The molecule has 1 aromatic carbocycles. The first kappa shape index (κ1) is 15.0. The Morgan fingerprint density at radius 2 is 2.29 bits per heavy atom. The standard InChI is InChI=1S/C16H20ClN3S/c1-2-16-19-12(11-21-16)10-20-8-7-18-9-15(20)13-5-3-4-6-14(13)17/h3-6,11,15,18H,2,7-10H2,1H3. The van der Waals surface area contributed by atoms with Crippen LogP contribution >= 0.6 is 22.9 Å². The van der Waals surface area contributed by atoms with Gasteiger partial charge < -0.3 is 5.32 Å². The second-order valence-electron chi connectivity index (χ2n) is 5.30. The zero-order chi connectivity index (χ0) is 14.7. The van der Waals surface area contributed by atoms with Crippen molar-refractivity contribution in [3.63, 3.8) is 0 Å². The summed E-state index contributed by atoms with van der Waals surface area (Å²) >= 11 is 8.14. The van der Waals surface area contributed by atoms with E-state index in [-0.39, 0.29) is 0 Å². The van der Waals surface area contributed by atoms with Crippen LogP contribution in [0.25, 0.3) is 0 Å². The molecule has 2 heterocycles. The third kappa shape index (κ3) is 3.46. The molecule has 0 spiro atoms. The predicted molar refractivity (Wildman–Crippen MR) is 89.0 cm³/mol. The Bertz CT molecular complexity index is 599. The van der Waals surface area contributed by atoms with Crippen molar-refractivity contribution >= 4 is 22.9 Å². The Balaban J connectivity index is 1.80. The summed E-state index contributed by atoms with van der Waals surface area (Å²) in [6, 6.07) is 8.47. The minimum atomic E-state index is 0.319. The maximum atomic E-state index is 6.38. The number of hydrogen-bond acceptors (Lipinski definition) is 4. The van der Waals surface area contributed by atoms with Gasteiger partial charge in [-0.2, -0.15) is 0 Å². The SMILES string of the molecule is CCc1nc(CN2CCNCC2c2ccccc2Cl)cs1. The van der Waals surface area contributed by atoms with E-state index in [4.69, 9.17) is 16.6 Å². The molecule has 0 amide bonds. The number of rotatable bonds is 4. The highest BCUT2D eigenvalue weighted by Crippen LogP contribution is 2.29. The summed E-state index contributed by atoms with van der Waals surface area (Å²) in [4.78, 5) is 7.18. The van der Waals surface area contributed by atoms with Gasteiger partial charge in [0.15, 0.2) is 0 Å². The van der Waals surface area contributed by atoms with Gasteiger partial charge in [0.25, 0.3) is 0 Å². The van der Waals surface area contributed by atoms with Crippen LogP contribution in [-0.2, 0) is 13.0 Å². The van der Waals surface area contributed by atoms with E-state index in [9.17, 15) is 0 Å². The van der Waals surface area contributed by atoms with Gasteiger partial charge in [0.2, 0.25) is 0 Å². The molecule has 1 aliphatic heterocycles. The number of aryl methyl sites for hydroxylation is 1. The number of piperazine rings is 1. The lowest BCUT2D eigenvalue weighted by Crippen LogP contribution is -2.45. The van der Waals surface area contributed by atoms with Gasteiger partial charge in [-0.15, -0.1) is 11.3 Å². The molecule has 3 rings (SSSR count). The maximum Gasteiger partial charge on any atom is 0.0926 e. The largest absolute Gasteiger partial charge is 0.314 e. The molecule has 0 saturated carbocycles. The summed E-state index contributed by atoms with van der Waals surface area (Å²) < 4.78 is 0. The molecule has 21 heavy (non-hydrogen) atoms. The predicted octanol–water partition coefficient (Wildman–Crippen LogP) is 3.51. The smallest absolute Gasteiger partial charge is 0.0926 e. The molecule has 0 aliphatic carbocycles. The highest BCUT2D eigenvalue weighted by atomic mass is 35.5. The van der Waals surface area contributed by atoms with E-state index in [1.807, 2.05) is 12.1 Å². The lowest BCUT2D eigenvalue weighted by molar-refractivity contribution is 0.152. The monoisotopic (exact) mass is 321 g/mol. The zero-order valence-corrected chi connectivity index (χ0v) is 13.8. The van der Waals surface area contributed by atoms with Crippen LogP contribution in [0.5, 0.6) is 0 Å². The van der Waals surface area contributed by atoms with Crippen LogP contribution in [0.2, 0.25) is 5.02 Å². The number of nitrogens with zero attached hydrogens (tertiary/aromatic N) is 2. The summed E-state index contributed by atoms with van der Waals surface area (Å²) in [6.07, 6.45) is 1.01. The van der Waals surface area contributed by atoms with E-state index in [1.54, 1.807) is 11.3 Å². The van der Waals surface area contributed by atoms with Gasteiger partial charge in [-0.25, -0.2) is 4.98 Å². The third-order valence-electron chi connectivity index (χ3n) is 3.89. The molecule has 112 valence electrons. The van der Waals surface area contributed by atoms with E-state index in [1.165, 1.54) is 16.3 Å². The molecule has 2 aromatic rings. The van der Waals surface area contributed by atoms with Gasteiger partial charge in [0, 0.05) is 42.6 Å². The Labute approximate surface area is 135 Å². The molecular formula is C16H20ClN3S. The van der Waals surface area contributed by atoms with Crippen LogP contribution in [-0.4, -0.2) is 29.5 Å². The second kappa shape index (κ2) is 6.88. The number of aromatic nitrogens is 1. The van der Waals surface area contributed by atoms with Crippen molar-refractivity contribution in [1.82, 2.24) is 15.2 Å². The van der Waals surface area contributed by atoms with Crippen LogP contribution in [0.4, 0.5) is 0 Å². The van der Waals surface area contributed by atoms with Crippen molar-refractivity contribution in [3.8, 4) is 0 Å². The molecule has 1 fully saturated rings. The average molecular weight is 322 g/mol. The minimum Gasteiger partial charge on any atom is -0.314 e. The van der Waals surface area contributed by atoms with Crippen molar-refractivity contribution in [2.45, 2.75) is 25.9 Å². The van der Waals surface area contributed by atoms with E-state index >= 15 is 0 Å². The topological polar surface area (TPSA) is 28.2 Å². The second-order valence-corrected chi connectivity index (χ2v) is 6.65. The molecule has 1 unspecified atom stereocenters. The van der Waals surface area contributed by atoms with Gasteiger partial charge in [-0.05, 0) is 18.1 Å². The summed E-state index contributed by atoms with van der Waals surface area (Å²) in [5.74, 6) is 0. The number of nitrogens with one attached hydrogen (secondary N) is 1. The lowest BCUT2D eigenvalue weighted by Gasteiger charge is -2.36. The average Bonchev–Trinajstić information content (AvgIpc) is 2.96. The third-order valence-corrected chi connectivity index (χ3v) is 5.27. The molecular weight excluding hydrogens is 302 g/mol. The van der Waals surface area contributed by atoms with Gasteiger partial charge >= 0.3 is 0 Å². The first-order valence-electron chi connectivity index (χ1n) is 7.40. The molecule has 1 saturated heterocycles. The molecule has 0 radical (unpaired) electrons. The van der Waals surface area contributed by atoms with Crippen molar-refractivity contribution in [1.29, 1.82) is 0 Å². The molecule has 3 nitrogen and oxygen atoms in total. The number of benzene rings is 1. The molecule has 5 heteroatoms. The fraction of sp³-hybridized carbons (Fsp3) is 0.438. The zero-order valence-electron chi connectivity index (χ0n) is 12.2. The lowest BCUT2D eigenvalue weighted by atomic mass is 10.0. The normalized spacial score (nSPS) is 19.8. The highest BCUT2D eigenvalue weighted by Gasteiger charge is 2.25. The Hall–Kier alpha value is -0.940. The first-order chi connectivity index (χ1) is 10.3. The molecule has 1 N–H and O–H groups in total. The van der Waals surface area contributed by atoms with Crippen LogP contribution in [0, 0.1) is 0 Å². The van der Waals surface area contributed by atoms with E-state index in [0.29, 0.717) is 6.04 Å². The molecule has 1 aromatic heterocycles. The Morgan fingerprint density at radius 3 is 3.05 bits per heavy atom. The number of halogens is 1. The Morgan fingerprint density at radius 1 is 1.43 bits per heavy atom.